The first-order valence-corrected chi connectivity index (χ1v) is 5.10. The lowest BCUT2D eigenvalue weighted by Gasteiger charge is -2.01. The molecule has 0 spiro atoms. The Bertz CT molecular complexity index is 638. The highest BCUT2D eigenvalue weighted by Gasteiger charge is 2.15. The van der Waals surface area contributed by atoms with Crippen molar-refractivity contribution in [2.75, 3.05) is 0 Å². The molecule has 0 fully saturated rings. The van der Waals surface area contributed by atoms with Crippen LogP contribution in [0.4, 0.5) is 5.82 Å². The molecule has 0 saturated heterocycles. The van der Waals surface area contributed by atoms with Gasteiger partial charge in [0, 0.05) is 0 Å². The van der Waals surface area contributed by atoms with Crippen LogP contribution in [0.5, 0.6) is 0 Å². The number of rotatable bonds is 3. The van der Waals surface area contributed by atoms with Crippen molar-refractivity contribution in [1.82, 2.24) is 9.78 Å². The Balaban J connectivity index is 2.44. The average Bonchev–Trinajstić information content (AvgIpc) is 2.78. The summed E-state index contributed by atoms with van der Waals surface area (Å²) < 4.78 is 1.21. The van der Waals surface area contributed by atoms with Gasteiger partial charge in [-0.3, -0.25) is 0 Å². The van der Waals surface area contributed by atoms with Crippen LogP contribution in [0.25, 0.3) is 5.69 Å². The Hall–Kier alpha value is -2.41. The SMILES string of the molecule is O=C(O)c1ccc(-n2ccc([N+](=O)[O-])n2)c(Cl)c1. The van der Waals surface area contributed by atoms with Gasteiger partial charge in [0.25, 0.3) is 0 Å². The molecule has 0 radical (unpaired) electrons. The minimum Gasteiger partial charge on any atom is -0.478 e. The molecule has 0 amide bonds. The molecular formula is C10H6ClN3O4. The lowest BCUT2D eigenvalue weighted by molar-refractivity contribution is -0.389. The van der Waals surface area contributed by atoms with Crippen LogP contribution in [-0.4, -0.2) is 25.8 Å². The number of aromatic nitrogens is 2. The van der Waals surface area contributed by atoms with Gasteiger partial charge in [0.15, 0.2) is 0 Å². The topological polar surface area (TPSA) is 98.3 Å². The molecule has 1 heterocycles. The van der Waals surface area contributed by atoms with Crippen LogP contribution in [0.1, 0.15) is 10.4 Å². The first-order chi connectivity index (χ1) is 8.49. The van der Waals surface area contributed by atoms with Gasteiger partial charge < -0.3 is 15.2 Å². The number of carbonyl (C=O) groups is 1. The molecule has 0 aliphatic carbocycles. The molecule has 7 nitrogen and oxygen atoms in total. The van der Waals surface area contributed by atoms with E-state index < -0.39 is 10.9 Å². The zero-order valence-corrected chi connectivity index (χ0v) is 9.53. The Morgan fingerprint density at radius 3 is 2.67 bits per heavy atom. The molecule has 18 heavy (non-hydrogen) atoms. The third kappa shape index (κ3) is 2.16. The van der Waals surface area contributed by atoms with Crippen molar-refractivity contribution in [2.24, 2.45) is 0 Å². The largest absolute Gasteiger partial charge is 0.478 e. The van der Waals surface area contributed by atoms with Crippen LogP contribution >= 0.6 is 11.6 Å². The van der Waals surface area contributed by atoms with Crippen molar-refractivity contribution < 1.29 is 14.8 Å². The minimum absolute atomic E-state index is 0.0328. The summed E-state index contributed by atoms with van der Waals surface area (Å²) in [5.74, 6) is -1.41. The fourth-order valence-corrected chi connectivity index (χ4v) is 1.64. The second-order valence-corrected chi connectivity index (χ2v) is 3.75. The summed E-state index contributed by atoms with van der Waals surface area (Å²) in [6.45, 7) is 0. The first kappa shape index (κ1) is 12.1. The van der Waals surface area contributed by atoms with Gasteiger partial charge in [0.1, 0.15) is 5.69 Å². The number of hydrogen-bond acceptors (Lipinski definition) is 4. The zero-order valence-electron chi connectivity index (χ0n) is 8.78. The third-order valence-electron chi connectivity index (χ3n) is 2.20. The molecule has 8 heteroatoms. The smallest absolute Gasteiger partial charge is 0.390 e. The van der Waals surface area contributed by atoms with Crippen molar-refractivity contribution in [3.63, 3.8) is 0 Å². The van der Waals surface area contributed by atoms with Gasteiger partial charge in [-0.1, -0.05) is 11.6 Å². The van der Waals surface area contributed by atoms with Crippen LogP contribution in [-0.2, 0) is 0 Å². The van der Waals surface area contributed by atoms with E-state index in [9.17, 15) is 14.9 Å². The van der Waals surface area contributed by atoms with E-state index in [4.69, 9.17) is 16.7 Å². The molecule has 1 N–H and O–H groups in total. The van der Waals surface area contributed by atoms with Crippen LogP contribution in [0, 0.1) is 10.1 Å². The summed E-state index contributed by atoms with van der Waals surface area (Å²) in [4.78, 5) is 20.6. The van der Waals surface area contributed by atoms with Gasteiger partial charge >= 0.3 is 11.8 Å². The lowest BCUT2D eigenvalue weighted by atomic mass is 10.2. The molecular weight excluding hydrogens is 262 g/mol. The van der Waals surface area contributed by atoms with E-state index in [1.54, 1.807) is 0 Å². The number of hydrogen-bond donors (Lipinski definition) is 1. The summed E-state index contributed by atoms with van der Waals surface area (Å²) in [7, 11) is 0. The molecule has 1 aromatic heterocycles. The van der Waals surface area contributed by atoms with Gasteiger partial charge in [0.05, 0.1) is 27.9 Å². The molecule has 0 atom stereocenters. The summed E-state index contributed by atoms with van der Waals surface area (Å²) in [6, 6.07) is 5.26. The van der Waals surface area contributed by atoms with Gasteiger partial charge in [-0.15, -0.1) is 4.68 Å². The quantitative estimate of drug-likeness (QED) is 0.678. The normalized spacial score (nSPS) is 10.3. The number of nitro groups is 1. The maximum Gasteiger partial charge on any atom is 0.390 e. The number of carboxylic acid groups (broad SMARTS) is 1. The molecule has 2 aromatic rings. The standard InChI is InChI=1S/C10H6ClN3O4/c11-7-5-6(10(15)16)1-2-8(7)13-4-3-9(12-13)14(17)18/h1-5H,(H,15,16). The predicted octanol–water partition coefficient (Wildman–Crippen LogP) is 2.13. The monoisotopic (exact) mass is 267 g/mol. The van der Waals surface area contributed by atoms with Gasteiger partial charge in [-0.25, -0.2) is 4.79 Å². The predicted molar refractivity (Wildman–Crippen MR) is 62.2 cm³/mol. The zero-order chi connectivity index (χ0) is 13.3. The van der Waals surface area contributed by atoms with Crippen LogP contribution < -0.4 is 0 Å². The third-order valence-corrected chi connectivity index (χ3v) is 2.51. The van der Waals surface area contributed by atoms with E-state index in [0.29, 0.717) is 5.69 Å². The molecule has 0 aliphatic heterocycles. The van der Waals surface area contributed by atoms with Crippen molar-refractivity contribution in [3.8, 4) is 5.69 Å². The van der Waals surface area contributed by atoms with Crippen LogP contribution in [0.15, 0.2) is 30.5 Å². The summed E-state index contributed by atoms with van der Waals surface area (Å²) in [5, 5.41) is 23.1. The molecule has 0 saturated carbocycles. The molecule has 2 rings (SSSR count). The molecule has 0 unspecified atom stereocenters. The van der Waals surface area contributed by atoms with E-state index in [0.717, 1.165) is 0 Å². The number of nitrogens with zero attached hydrogens (tertiary/aromatic N) is 3. The second kappa shape index (κ2) is 4.46. The fraction of sp³-hybridized carbons (Fsp3) is 0. The maximum atomic E-state index is 10.7. The molecule has 0 aliphatic rings. The second-order valence-electron chi connectivity index (χ2n) is 3.35. The first-order valence-electron chi connectivity index (χ1n) is 4.72. The van der Waals surface area contributed by atoms with Gasteiger partial charge in [-0.2, -0.15) is 0 Å². The number of carboxylic acids is 1. The van der Waals surface area contributed by atoms with E-state index in [1.807, 2.05) is 0 Å². The number of halogens is 1. The van der Waals surface area contributed by atoms with E-state index in [2.05, 4.69) is 5.10 Å². The van der Waals surface area contributed by atoms with Crippen molar-refractivity contribution in [1.29, 1.82) is 0 Å². The highest BCUT2D eigenvalue weighted by molar-refractivity contribution is 6.32. The van der Waals surface area contributed by atoms with Gasteiger partial charge in [0.2, 0.25) is 0 Å². The Kier molecular flexibility index (Phi) is 2.99. The van der Waals surface area contributed by atoms with Crippen molar-refractivity contribution in [3.05, 3.63) is 51.2 Å². The Labute approximate surface area is 105 Å². The van der Waals surface area contributed by atoms with Crippen molar-refractivity contribution in [2.45, 2.75) is 0 Å². The van der Waals surface area contributed by atoms with E-state index in [-0.39, 0.29) is 16.4 Å². The average molecular weight is 268 g/mol. The summed E-state index contributed by atoms with van der Waals surface area (Å²) in [5.41, 5.74) is 0.403. The summed E-state index contributed by atoms with van der Waals surface area (Å²) >= 11 is 5.90. The fourth-order valence-electron chi connectivity index (χ4n) is 1.37. The highest BCUT2D eigenvalue weighted by atomic mass is 35.5. The molecule has 92 valence electrons. The minimum atomic E-state index is -1.10. The van der Waals surface area contributed by atoms with Crippen LogP contribution in [0.3, 0.4) is 0 Å². The van der Waals surface area contributed by atoms with E-state index >= 15 is 0 Å². The Morgan fingerprint density at radius 1 is 1.44 bits per heavy atom. The maximum absolute atomic E-state index is 10.7. The lowest BCUT2D eigenvalue weighted by Crippen LogP contribution is -2.01. The number of aromatic carboxylic acids is 1. The molecule has 0 bridgehead atoms. The highest BCUT2D eigenvalue weighted by Crippen LogP contribution is 2.22. The van der Waals surface area contributed by atoms with E-state index in [1.165, 1.54) is 35.1 Å². The Morgan fingerprint density at radius 2 is 2.17 bits per heavy atom. The number of benzene rings is 1. The van der Waals surface area contributed by atoms with Crippen LogP contribution in [0.2, 0.25) is 5.02 Å². The van der Waals surface area contributed by atoms with Crippen molar-refractivity contribution >= 4 is 23.4 Å². The molecule has 1 aromatic carbocycles. The van der Waals surface area contributed by atoms with Gasteiger partial charge in [-0.05, 0) is 23.1 Å². The summed E-state index contributed by atoms with van der Waals surface area (Å²) in [6.07, 6.45) is 1.37.